The van der Waals surface area contributed by atoms with Gasteiger partial charge in [-0.3, -0.25) is 0 Å². The van der Waals surface area contributed by atoms with Crippen LogP contribution in [0.25, 0.3) is 0 Å². The van der Waals surface area contributed by atoms with Crippen molar-refractivity contribution in [3.8, 4) is 0 Å². The van der Waals surface area contributed by atoms with Gasteiger partial charge < -0.3 is 63.1 Å². The molecule has 0 rings (SSSR count). The Morgan fingerprint density at radius 1 is 0.520 bits per heavy atom. The summed E-state index contributed by atoms with van der Waals surface area (Å²) in [6.07, 6.45) is 0.147. The maximum absolute atomic E-state index is 15.7. The number of alkyl halides is 2. The van der Waals surface area contributed by atoms with Crippen LogP contribution in [0, 0.1) is 0 Å². The van der Waals surface area contributed by atoms with E-state index in [1.165, 1.54) is 27.7 Å². The second-order valence-corrected chi connectivity index (χ2v) is 13.5. The summed E-state index contributed by atoms with van der Waals surface area (Å²) < 4.78 is 79.1. The van der Waals surface area contributed by atoms with E-state index in [-0.39, 0.29) is 85.7 Å². The zero-order valence-electron chi connectivity index (χ0n) is 31.1. The highest BCUT2D eigenvalue weighted by atomic mass is 19.2. The van der Waals surface area contributed by atoms with Crippen LogP contribution in [0.15, 0.2) is 25.3 Å². The Kier molecular flexibility index (Phi) is 25.9. The molecule has 0 aromatic rings. The number of ether oxygens (including phenoxy) is 9. The number of hydrogen-bond acceptors (Lipinski definition) is 13. The van der Waals surface area contributed by atoms with E-state index >= 15 is 4.39 Å². The Labute approximate surface area is 297 Å². The highest BCUT2D eigenvalue weighted by Gasteiger charge is 2.44. The molecule has 0 radical (unpaired) electrons. The summed E-state index contributed by atoms with van der Waals surface area (Å²) in [5.74, 6) is -2.22. The lowest BCUT2D eigenvalue weighted by Gasteiger charge is -2.39. The molecule has 298 valence electrons. The van der Waals surface area contributed by atoms with Crippen molar-refractivity contribution in [1.29, 1.82) is 0 Å². The lowest BCUT2D eigenvalue weighted by Crippen LogP contribution is -2.49. The first-order chi connectivity index (χ1) is 23.4. The highest BCUT2D eigenvalue weighted by Crippen LogP contribution is 2.34. The minimum atomic E-state index is -2.22. The third-order valence-corrected chi connectivity index (χ3v) is 7.44. The lowest BCUT2D eigenvalue weighted by atomic mass is 9.86. The van der Waals surface area contributed by atoms with Crippen LogP contribution >= 0.6 is 0 Å². The van der Waals surface area contributed by atoms with E-state index in [0.717, 1.165) is 0 Å². The molecule has 0 amide bonds. The molecule has 50 heavy (non-hydrogen) atoms. The zero-order chi connectivity index (χ0) is 38.1. The van der Waals surface area contributed by atoms with Crippen molar-refractivity contribution in [2.45, 2.75) is 102 Å². The van der Waals surface area contributed by atoms with Gasteiger partial charge in [0.15, 0.2) is 0 Å². The highest BCUT2D eigenvalue weighted by molar-refractivity contribution is 4.93. The van der Waals surface area contributed by atoms with Crippen LogP contribution in [0.5, 0.6) is 0 Å². The van der Waals surface area contributed by atoms with Crippen LogP contribution in [0.1, 0.15) is 54.4 Å². The molecule has 4 N–H and O–H groups in total. The Morgan fingerprint density at radius 3 is 1.40 bits per heavy atom. The molecule has 0 saturated carbocycles. The fraction of sp³-hybridized carbons (Fsp3) is 0.886. The molecule has 15 heteroatoms. The summed E-state index contributed by atoms with van der Waals surface area (Å²) in [5, 5.41) is 39.4. The molecule has 13 nitrogen and oxygen atoms in total. The van der Waals surface area contributed by atoms with Gasteiger partial charge in [0.25, 0.3) is 0 Å². The normalized spacial score (nSPS) is 17.4. The van der Waals surface area contributed by atoms with E-state index in [1.807, 2.05) is 13.8 Å². The van der Waals surface area contributed by atoms with Crippen LogP contribution in [-0.4, -0.2) is 167 Å². The first-order valence-corrected chi connectivity index (χ1v) is 17.1. The molecular weight excluding hydrogens is 666 g/mol. The maximum Gasteiger partial charge on any atom is 0.230 e. The monoisotopic (exact) mass is 732 g/mol. The van der Waals surface area contributed by atoms with Gasteiger partial charge in [-0.2, -0.15) is 0 Å². The first-order valence-electron chi connectivity index (χ1n) is 17.1. The standard InChI is InChI=1S/C35H66F2O13/c1-9-13-42-19-28(38)23-46-25-30(40)21-44-15-11-32(3,4)48-16-12-34(7,36)33(5,6)50-27-35(8,37)49-18-17-45-22-31(41)26-47-24-29(39)20-43-14-10-2/h9-10,28-31,38-41H,1-2,11-27H2,3-8H3. The van der Waals surface area contributed by atoms with Gasteiger partial charge in [-0.05, 0) is 48.0 Å². The van der Waals surface area contributed by atoms with Gasteiger partial charge in [-0.1, -0.05) is 12.2 Å². The number of aliphatic hydroxyl groups is 4. The van der Waals surface area contributed by atoms with Gasteiger partial charge in [0.2, 0.25) is 5.85 Å². The molecule has 6 unspecified atom stereocenters. The van der Waals surface area contributed by atoms with Crippen LogP contribution < -0.4 is 0 Å². The SMILES string of the molecule is C=CCOCC(O)COCC(O)COCCOC(C)(F)COC(C)(C)C(C)(F)CCOC(C)(C)CCOCC(O)COCC(O)COCC=C. The summed E-state index contributed by atoms with van der Waals surface area (Å²) in [7, 11) is 0. The maximum atomic E-state index is 15.7. The van der Waals surface area contributed by atoms with E-state index in [2.05, 4.69) is 13.2 Å². The Hall–Kier alpha value is -1.18. The van der Waals surface area contributed by atoms with Crippen molar-refractivity contribution in [3.05, 3.63) is 25.3 Å². The average molecular weight is 733 g/mol. The van der Waals surface area contributed by atoms with Gasteiger partial charge >= 0.3 is 0 Å². The molecule has 0 aliphatic heterocycles. The summed E-state index contributed by atoms with van der Waals surface area (Å²) >= 11 is 0. The van der Waals surface area contributed by atoms with Gasteiger partial charge in [-0.25, -0.2) is 8.78 Å². The number of hydrogen-bond donors (Lipinski definition) is 4. The van der Waals surface area contributed by atoms with Gasteiger partial charge in [-0.15, -0.1) is 13.2 Å². The second kappa shape index (κ2) is 26.6. The molecular formula is C35H66F2O13. The zero-order valence-corrected chi connectivity index (χ0v) is 31.1. The molecule has 0 spiro atoms. The van der Waals surface area contributed by atoms with E-state index in [1.54, 1.807) is 12.2 Å². The van der Waals surface area contributed by atoms with E-state index in [0.29, 0.717) is 19.6 Å². The molecule has 0 bridgehead atoms. The average Bonchev–Trinajstić information content (AvgIpc) is 3.02. The predicted molar refractivity (Wildman–Crippen MR) is 184 cm³/mol. The third-order valence-electron chi connectivity index (χ3n) is 7.44. The summed E-state index contributed by atoms with van der Waals surface area (Å²) in [4.78, 5) is 0. The number of halogens is 2. The largest absolute Gasteiger partial charge is 0.388 e. The van der Waals surface area contributed by atoms with Gasteiger partial charge in [0.1, 0.15) is 36.7 Å². The molecule has 0 fully saturated rings. The number of aliphatic hydroxyl groups excluding tert-OH is 4. The van der Waals surface area contributed by atoms with Gasteiger partial charge in [0, 0.05) is 13.0 Å². The summed E-state index contributed by atoms with van der Waals surface area (Å²) in [5.41, 5.74) is -3.89. The quantitative estimate of drug-likeness (QED) is 0.0556. The Bertz CT molecular complexity index is 860. The first kappa shape index (κ1) is 48.8. The lowest BCUT2D eigenvalue weighted by molar-refractivity contribution is -0.221. The summed E-state index contributed by atoms with van der Waals surface area (Å²) in [6, 6.07) is 0. The number of rotatable bonds is 35. The van der Waals surface area contributed by atoms with Crippen LogP contribution in [0.2, 0.25) is 0 Å². The Morgan fingerprint density at radius 2 is 0.940 bits per heavy atom. The topological polar surface area (TPSA) is 164 Å². The van der Waals surface area contributed by atoms with Crippen LogP contribution in [0.3, 0.4) is 0 Å². The minimum Gasteiger partial charge on any atom is -0.388 e. The van der Waals surface area contributed by atoms with Crippen molar-refractivity contribution in [1.82, 2.24) is 0 Å². The minimum absolute atomic E-state index is 0.00282. The smallest absolute Gasteiger partial charge is 0.230 e. The molecule has 0 aliphatic rings. The van der Waals surface area contributed by atoms with Crippen molar-refractivity contribution < 1.29 is 71.8 Å². The van der Waals surface area contributed by atoms with Crippen molar-refractivity contribution >= 4 is 0 Å². The van der Waals surface area contributed by atoms with E-state index in [4.69, 9.17) is 42.6 Å². The van der Waals surface area contributed by atoms with E-state index in [9.17, 15) is 24.8 Å². The van der Waals surface area contributed by atoms with E-state index < -0.39 is 53.7 Å². The van der Waals surface area contributed by atoms with Crippen LogP contribution in [-0.2, 0) is 42.6 Å². The molecule has 0 aromatic carbocycles. The third kappa shape index (κ3) is 25.7. The van der Waals surface area contributed by atoms with Crippen molar-refractivity contribution in [3.63, 3.8) is 0 Å². The molecule has 0 aliphatic carbocycles. The molecule has 6 atom stereocenters. The molecule has 0 heterocycles. The van der Waals surface area contributed by atoms with Crippen molar-refractivity contribution in [2.24, 2.45) is 0 Å². The fourth-order valence-electron chi connectivity index (χ4n) is 3.91. The molecule has 0 aromatic heterocycles. The van der Waals surface area contributed by atoms with Gasteiger partial charge in [0.05, 0.1) is 97.1 Å². The Balaban J connectivity index is 4.25. The fourth-order valence-corrected chi connectivity index (χ4v) is 3.91. The predicted octanol–water partition coefficient (Wildman–Crippen LogP) is 2.70. The summed E-state index contributed by atoms with van der Waals surface area (Å²) in [6.45, 7) is 16.8. The molecule has 0 saturated heterocycles. The van der Waals surface area contributed by atoms with Crippen molar-refractivity contribution in [2.75, 3.05) is 99.1 Å². The van der Waals surface area contributed by atoms with Crippen LogP contribution in [0.4, 0.5) is 8.78 Å². The second-order valence-electron chi connectivity index (χ2n) is 13.5.